The van der Waals surface area contributed by atoms with Gasteiger partial charge in [-0.3, -0.25) is 4.79 Å². The second kappa shape index (κ2) is 6.57. The third-order valence-electron chi connectivity index (χ3n) is 3.58. The molecule has 1 aliphatic rings. The molecule has 0 saturated carbocycles. The number of carbonyl (C=O) groups excluding carboxylic acids is 1. The number of nitrogens with one attached hydrogen (secondary N) is 1. The third-order valence-corrected chi connectivity index (χ3v) is 3.58. The average molecular weight is 262 g/mol. The van der Waals surface area contributed by atoms with Gasteiger partial charge in [0.1, 0.15) is 5.75 Å². The molecule has 104 valence electrons. The quantitative estimate of drug-likeness (QED) is 0.893. The number of amides is 1. The first kappa shape index (κ1) is 13.9. The van der Waals surface area contributed by atoms with Gasteiger partial charge in [-0.2, -0.15) is 0 Å². The monoisotopic (exact) mass is 262 g/mol. The van der Waals surface area contributed by atoms with Gasteiger partial charge in [-0.15, -0.1) is 0 Å². The molecule has 0 radical (unpaired) electrons. The zero-order valence-electron chi connectivity index (χ0n) is 11.7. The summed E-state index contributed by atoms with van der Waals surface area (Å²) >= 11 is 0. The second-order valence-electron chi connectivity index (χ2n) is 4.99. The Labute approximate surface area is 114 Å². The van der Waals surface area contributed by atoms with Gasteiger partial charge >= 0.3 is 0 Å². The number of nitrogens with zero attached hydrogens (tertiary/aromatic N) is 1. The molecule has 1 aromatic carbocycles. The van der Waals surface area contributed by atoms with E-state index in [2.05, 4.69) is 12.2 Å². The summed E-state index contributed by atoms with van der Waals surface area (Å²) in [7, 11) is 1.66. The lowest BCUT2D eigenvalue weighted by Gasteiger charge is -2.34. The van der Waals surface area contributed by atoms with Crippen molar-refractivity contribution in [2.24, 2.45) is 0 Å². The number of piperazine rings is 1. The summed E-state index contributed by atoms with van der Waals surface area (Å²) in [5.41, 5.74) is 1.15. The highest BCUT2D eigenvalue weighted by molar-refractivity contribution is 5.77. The normalized spacial score (nSPS) is 19.3. The van der Waals surface area contributed by atoms with Crippen LogP contribution in [-0.4, -0.2) is 43.6 Å². The molecular formula is C15H22N2O2. The van der Waals surface area contributed by atoms with Crippen molar-refractivity contribution in [3.8, 4) is 5.75 Å². The van der Waals surface area contributed by atoms with Gasteiger partial charge in [-0.25, -0.2) is 0 Å². The van der Waals surface area contributed by atoms with Crippen LogP contribution in [0.15, 0.2) is 24.3 Å². The van der Waals surface area contributed by atoms with Crippen LogP contribution in [0.4, 0.5) is 0 Å². The highest BCUT2D eigenvalue weighted by Gasteiger charge is 2.22. The van der Waals surface area contributed by atoms with Crippen LogP contribution >= 0.6 is 0 Å². The van der Waals surface area contributed by atoms with Gasteiger partial charge < -0.3 is 15.0 Å². The molecule has 0 unspecified atom stereocenters. The Balaban J connectivity index is 1.88. The molecule has 2 rings (SSSR count). The number of benzene rings is 1. The molecule has 1 atom stereocenters. The lowest BCUT2D eigenvalue weighted by atomic mass is 10.1. The molecule has 1 N–H and O–H groups in total. The first-order chi connectivity index (χ1) is 9.20. The number of hydrogen-bond acceptors (Lipinski definition) is 3. The summed E-state index contributed by atoms with van der Waals surface area (Å²) in [6.45, 7) is 4.70. The maximum Gasteiger partial charge on any atom is 0.223 e. The summed E-state index contributed by atoms with van der Waals surface area (Å²) in [6, 6.07) is 8.22. The minimum absolute atomic E-state index is 0.247. The number of methoxy groups -OCH3 is 1. The molecule has 0 aromatic heterocycles. The molecule has 1 amide bonds. The van der Waals surface area contributed by atoms with Crippen molar-refractivity contribution in [2.45, 2.75) is 25.8 Å². The zero-order valence-corrected chi connectivity index (χ0v) is 11.7. The standard InChI is InChI=1S/C15H22N2O2/c1-12-11-16-8-9-17(12)15(18)7-6-13-4-3-5-14(10-13)19-2/h3-5,10,12,16H,6-9,11H2,1-2H3/t12-/m0/s1. The highest BCUT2D eigenvalue weighted by Crippen LogP contribution is 2.15. The molecule has 1 saturated heterocycles. The van der Waals surface area contributed by atoms with E-state index >= 15 is 0 Å². The first-order valence-electron chi connectivity index (χ1n) is 6.84. The molecule has 0 bridgehead atoms. The largest absolute Gasteiger partial charge is 0.497 e. The molecule has 19 heavy (non-hydrogen) atoms. The average Bonchev–Trinajstić information content (AvgIpc) is 2.45. The van der Waals surface area contributed by atoms with Crippen LogP contribution in [0.2, 0.25) is 0 Å². The predicted molar refractivity (Wildman–Crippen MR) is 75.4 cm³/mol. The number of hydrogen-bond donors (Lipinski definition) is 1. The topological polar surface area (TPSA) is 41.6 Å². The van der Waals surface area contributed by atoms with Crippen molar-refractivity contribution in [1.82, 2.24) is 10.2 Å². The number of rotatable bonds is 4. The van der Waals surface area contributed by atoms with Gasteiger partial charge in [0, 0.05) is 32.1 Å². The Morgan fingerprint density at radius 2 is 2.37 bits per heavy atom. The molecule has 1 heterocycles. The summed E-state index contributed by atoms with van der Waals surface area (Å²) in [5.74, 6) is 1.09. The minimum atomic E-state index is 0.247. The van der Waals surface area contributed by atoms with Gasteiger partial charge in [-0.05, 0) is 31.0 Å². The van der Waals surface area contributed by atoms with Gasteiger partial charge in [0.15, 0.2) is 0 Å². The Morgan fingerprint density at radius 1 is 1.53 bits per heavy atom. The highest BCUT2D eigenvalue weighted by atomic mass is 16.5. The number of carbonyl (C=O) groups is 1. The third kappa shape index (κ3) is 3.70. The predicted octanol–water partition coefficient (Wildman–Crippen LogP) is 1.45. The molecule has 1 aliphatic heterocycles. The van der Waals surface area contributed by atoms with E-state index < -0.39 is 0 Å². The van der Waals surface area contributed by atoms with Crippen LogP contribution in [-0.2, 0) is 11.2 Å². The van der Waals surface area contributed by atoms with Crippen molar-refractivity contribution >= 4 is 5.91 Å². The van der Waals surface area contributed by atoms with Crippen LogP contribution in [0.25, 0.3) is 0 Å². The number of aryl methyl sites for hydroxylation is 1. The van der Waals surface area contributed by atoms with E-state index in [9.17, 15) is 4.79 Å². The van der Waals surface area contributed by atoms with Crippen LogP contribution in [0.3, 0.4) is 0 Å². The molecule has 4 nitrogen and oxygen atoms in total. The second-order valence-corrected chi connectivity index (χ2v) is 4.99. The van der Waals surface area contributed by atoms with E-state index in [0.29, 0.717) is 12.5 Å². The van der Waals surface area contributed by atoms with Crippen molar-refractivity contribution in [3.05, 3.63) is 29.8 Å². The van der Waals surface area contributed by atoms with E-state index in [1.54, 1.807) is 7.11 Å². The maximum atomic E-state index is 12.2. The smallest absolute Gasteiger partial charge is 0.223 e. The molecule has 0 spiro atoms. The molecular weight excluding hydrogens is 240 g/mol. The van der Waals surface area contributed by atoms with Gasteiger partial charge in [-0.1, -0.05) is 12.1 Å². The Kier molecular flexibility index (Phi) is 4.80. The van der Waals surface area contributed by atoms with Gasteiger partial charge in [0.05, 0.1) is 7.11 Å². The van der Waals surface area contributed by atoms with Gasteiger partial charge in [0.25, 0.3) is 0 Å². The molecule has 4 heteroatoms. The lowest BCUT2D eigenvalue weighted by molar-refractivity contribution is -0.133. The summed E-state index contributed by atoms with van der Waals surface area (Å²) in [5, 5.41) is 3.30. The lowest BCUT2D eigenvalue weighted by Crippen LogP contribution is -2.52. The van der Waals surface area contributed by atoms with Crippen molar-refractivity contribution in [3.63, 3.8) is 0 Å². The van der Waals surface area contributed by atoms with Crippen LogP contribution in [0.5, 0.6) is 5.75 Å². The summed E-state index contributed by atoms with van der Waals surface area (Å²) in [6.07, 6.45) is 1.34. The van der Waals surface area contributed by atoms with Crippen LogP contribution in [0.1, 0.15) is 18.9 Å². The summed E-state index contributed by atoms with van der Waals surface area (Å²) in [4.78, 5) is 14.2. The van der Waals surface area contributed by atoms with Crippen LogP contribution in [0, 0.1) is 0 Å². The minimum Gasteiger partial charge on any atom is -0.497 e. The molecule has 1 aromatic rings. The molecule has 1 fully saturated rings. The Morgan fingerprint density at radius 3 is 3.11 bits per heavy atom. The van der Waals surface area contributed by atoms with E-state index in [1.807, 2.05) is 29.2 Å². The maximum absolute atomic E-state index is 12.2. The molecule has 0 aliphatic carbocycles. The van der Waals surface area contributed by atoms with Gasteiger partial charge in [0.2, 0.25) is 5.91 Å². The van der Waals surface area contributed by atoms with E-state index in [4.69, 9.17) is 4.74 Å². The fraction of sp³-hybridized carbons (Fsp3) is 0.533. The van der Waals surface area contributed by atoms with E-state index in [-0.39, 0.29) is 5.91 Å². The fourth-order valence-corrected chi connectivity index (χ4v) is 2.43. The van der Waals surface area contributed by atoms with Crippen molar-refractivity contribution in [1.29, 1.82) is 0 Å². The van der Waals surface area contributed by atoms with Crippen molar-refractivity contribution < 1.29 is 9.53 Å². The fourth-order valence-electron chi connectivity index (χ4n) is 2.43. The Bertz CT molecular complexity index is 434. The summed E-state index contributed by atoms with van der Waals surface area (Å²) < 4.78 is 5.19. The first-order valence-corrected chi connectivity index (χ1v) is 6.84. The van der Waals surface area contributed by atoms with Crippen LogP contribution < -0.4 is 10.1 Å². The van der Waals surface area contributed by atoms with E-state index in [0.717, 1.165) is 37.4 Å². The SMILES string of the molecule is COc1cccc(CCC(=O)N2CCNC[C@@H]2C)c1. The van der Waals surface area contributed by atoms with Crippen molar-refractivity contribution in [2.75, 3.05) is 26.7 Å². The zero-order chi connectivity index (χ0) is 13.7. The number of ether oxygens (including phenoxy) is 1. The van der Waals surface area contributed by atoms with E-state index in [1.165, 1.54) is 0 Å². The Hall–Kier alpha value is -1.55.